The van der Waals surface area contributed by atoms with Crippen LogP contribution in [0.3, 0.4) is 0 Å². The summed E-state index contributed by atoms with van der Waals surface area (Å²) in [5, 5.41) is 2.38. The summed E-state index contributed by atoms with van der Waals surface area (Å²) < 4.78 is 0. The largest absolute Gasteiger partial charge is 0.289 e. The summed E-state index contributed by atoms with van der Waals surface area (Å²) >= 11 is 1.65. The van der Waals surface area contributed by atoms with Crippen molar-refractivity contribution in [2.24, 2.45) is 0 Å². The lowest BCUT2D eigenvalue weighted by atomic mass is 10.1. The second-order valence-electron chi connectivity index (χ2n) is 3.22. The van der Waals surface area contributed by atoms with Gasteiger partial charge in [0.05, 0.1) is 0 Å². The number of carbonyl (C=O) groups excluding carboxylic acids is 1. The Balaban J connectivity index is 2.55. The smallest absolute Gasteiger partial charge is 0.186 e. The predicted octanol–water partition coefficient (Wildman–Crippen LogP) is 3.52. The number of ketones is 1. The van der Waals surface area contributed by atoms with Gasteiger partial charge in [-0.15, -0.1) is 11.8 Å². The highest BCUT2D eigenvalue weighted by molar-refractivity contribution is 8.02. The van der Waals surface area contributed by atoms with Gasteiger partial charge in [-0.25, -0.2) is 0 Å². The van der Waals surface area contributed by atoms with E-state index in [4.69, 9.17) is 0 Å². The van der Waals surface area contributed by atoms with Crippen LogP contribution in [0.25, 0.3) is 0 Å². The van der Waals surface area contributed by atoms with Gasteiger partial charge in [-0.05, 0) is 11.5 Å². The van der Waals surface area contributed by atoms with Crippen LogP contribution in [-0.4, -0.2) is 11.0 Å². The monoisotopic (exact) mass is 206 g/mol. The number of hydrogen-bond acceptors (Lipinski definition) is 2. The van der Waals surface area contributed by atoms with Gasteiger partial charge in [-0.2, -0.15) is 0 Å². The van der Waals surface area contributed by atoms with Crippen molar-refractivity contribution in [2.75, 3.05) is 0 Å². The summed E-state index contributed by atoms with van der Waals surface area (Å²) in [4.78, 5) is 11.5. The van der Waals surface area contributed by atoms with Crippen LogP contribution < -0.4 is 0 Å². The molecule has 0 heterocycles. The minimum atomic E-state index is 0.0683. The average Bonchev–Trinajstić information content (AvgIpc) is 2.18. The Hall–Kier alpha value is -1.02. The fourth-order valence-corrected chi connectivity index (χ4v) is 1.47. The summed E-state index contributed by atoms with van der Waals surface area (Å²) in [5.74, 6) is 0.0683. The molecular weight excluding hydrogens is 192 g/mol. The van der Waals surface area contributed by atoms with E-state index in [1.807, 2.05) is 35.7 Å². The van der Waals surface area contributed by atoms with Crippen molar-refractivity contribution in [3.63, 3.8) is 0 Å². The summed E-state index contributed by atoms with van der Waals surface area (Å²) in [6, 6.07) is 9.30. The van der Waals surface area contributed by atoms with Gasteiger partial charge in [0.2, 0.25) is 0 Å². The first-order chi connectivity index (χ1) is 6.70. The zero-order valence-corrected chi connectivity index (χ0v) is 9.25. The molecule has 1 aromatic carbocycles. The lowest BCUT2D eigenvalue weighted by Crippen LogP contribution is -1.92. The van der Waals surface area contributed by atoms with Crippen LogP contribution in [-0.2, 0) is 0 Å². The van der Waals surface area contributed by atoms with E-state index < -0.39 is 0 Å². The van der Waals surface area contributed by atoms with E-state index in [1.54, 1.807) is 17.8 Å². The van der Waals surface area contributed by atoms with Crippen molar-refractivity contribution in [3.05, 3.63) is 47.4 Å². The second kappa shape index (κ2) is 5.66. The van der Waals surface area contributed by atoms with Crippen LogP contribution in [0.15, 0.2) is 41.8 Å². The maximum absolute atomic E-state index is 11.5. The predicted molar refractivity (Wildman–Crippen MR) is 62.6 cm³/mol. The van der Waals surface area contributed by atoms with Crippen molar-refractivity contribution in [2.45, 2.75) is 19.1 Å². The molecule has 1 rings (SSSR count). The summed E-state index contributed by atoms with van der Waals surface area (Å²) in [6.07, 6.45) is 1.62. The molecule has 0 aliphatic carbocycles. The topological polar surface area (TPSA) is 17.1 Å². The van der Waals surface area contributed by atoms with Gasteiger partial charge in [0.1, 0.15) is 0 Å². The first-order valence-corrected chi connectivity index (χ1v) is 5.56. The molecule has 74 valence electrons. The van der Waals surface area contributed by atoms with E-state index in [0.717, 1.165) is 5.56 Å². The van der Waals surface area contributed by atoms with Crippen LogP contribution in [0, 0.1) is 0 Å². The lowest BCUT2D eigenvalue weighted by molar-refractivity contribution is 0.104. The van der Waals surface area contributed by atoms with E-state index in [-0.39, 0.29) is 5.78 Å². The van der Waals surface area contributed by atoms with E-state index in [9.17, 15) is 4.79 Å². The van der Waals surface area contributed by atoms with E-state index in [0.29, 0.717) is 5.25 Å². The Bertz CT molecular complexity index is 314. The molecule has 0 spiro atoms. The Morgan fingerprint density at radius 1 is 1.29 bits per heavy atom. The number of thioether (sulfide) groups is 1. The molecule has 1 aromatic rings. The summed E-state index contributed by atoms with van der Waals surface area (Å²) in [6.45, 7) is 4.20. The minimum Gasteiger partial charge on any atom is -0.289 e. The number of rotatable bonds is 4. The van der Waals surface area contributed by atoms with Gasteiger partial charge in [-0.3, -0.25) is 4.79 Å². The van der Waals surface area contributed by atoms with Crippen LogP contribution in [0.5, 0.6) is 0 Å². The average molecular weight is 206 g/mol. The molecule has 2 heteroatoms. The molecule has 0 aromatic heterocycles. The van der Waals surface area contributed by atoms with Gasteiger partial charge >= 0.3 is 0 Å². The Labute approximate surface area is 89.2 Å². The van der Waals surface area contributed by atoms with E-state index >= 15 is 0 Å². The maximum Gasteiger partial charge on any atom is 0.186 e. The van der Waals surface area contributed by atoms with Crippen molar-refractivity contribution < 1.29 is 4.79 Å². The third-order valence-electron chi connectivity index (χ3n) is 1.63. The highest BCUT2D eigenvalue weighted by Crippen LogP contribution is 2.11. The fraction of sp³-hybridized carbons (Fsp3) is 0.250. The normalized spacial score (nSPS) is 11.1. The molecule has 0 aliphatic rings. The molecular formula is C12H14OS. The number of carbonyl (C=O) groups is 1. The lowest BCUT2D eigenvalue weighted by Gasteiger charge is -1.97. The van der Waals surface area contributed by atoms with Crippen molar-refractivity contribution in [1.29, 1.82) is 0 Å². The molecule has 0 atom stereocenters. The van der Waals surface area contributed by atoms with E-state index in [2.05, 4.69) is 13.8 Å². The minimum absolute atomic E-state index is 0.0683. The van der Waals surface area contributed by atoms with Gasteiger partial charge in [0.25, 0.3) is 0 Å². The molecule has 0 fully saturated rings. The van der Waals surface area contributed by atoms with Crippen molar-refractivity contribution in [3.8, 4) is 0 Å². The standard InChI is InChI=1S/C12H14OS/c1-10(2)14-9-8-12(13)11-6-4-3-5-7-11/h3-10H,1-2H3/b9-8+. The van der Waals surface area contributed by atoms with Crippen LogP contribution in [0.4, 0.5) is 0 Å². The first kappa shape index (κ1) is 11.1. The third kappa shape index (κ3) is 3.79. The summed E-state index contributed by atoms with van der Waals surface area (Å²) in [7, 11) is 0. The molecule has 0 unspecified atom stereocenters. The van der Waals surface area contributed by atoms with E-state index in [1.165, 1.54) is 0 Å². The van der Waals surface area contributed by atoms with Gasteiger partial charge in [-0.1, -0.05) is 44.2 Å². The molecule has 0 N–H and O–H groups in total. The van der Waals surface area contributed by atoms with Gasteiger partial charge in [0.15, 0.2) is 5.78 Å². The Morgan fingerprint density at radius 2 is 1.93 bits per heavy atom. The van der Waals surface area contributed by atoms with Gasteiger partial charge in [0, 0.05) is 10.8 Å². The number of allylic oxidation sites excluding steroid dienone is 1. The van der Waals surface area contributed by atoms with Gasteiger partial charge < -0.3 is 0 Å². The highest BCUT2D eigenvalue weighted by atomic mass is 32.2. The zero-order valence-electron chi connectivity index (χ0n) is 8.44. The Morgan fingerprint density at radius 3 is 2.50 bits per heavy atom. The molecule has 0 amide bonds. The van der Waals surface area contributed by atoms with Crippen LogP contribution >= 0.6 is 11.8 Å². The molecule has 1 nitrogen and oxygen atoms in total. The molecule has 0 radical (unpaired) electrons. The number of hydrogen-bond donors (Lipinski definition) is 0. The molecule has 0 saturated carbocycles. The van der Waals surface area contributed by atoms with Crippen molar-refractivity contribution >= 4 is 17.5 Å². The third-order valence-corrected chi connectivity index (χ3v) is 2.47. The Kier molecular flexibility index (Phi) is 4.47. The molecule has 0 aliphatic heterocycles. The summed E-state index contributed by atoms with van der Waals surface area (Å²) in [5.41, 5.74) is 0.744. The maximum atomic E-state index is 11.5. The molecule has 14 heavy (non-hydrogen) atoms. The first-order valence-electron chi connectivity index (χ1n) is 4.61. The van der Waals surface area contributed by atoms with Crippen LogP contribution in [0.1, 0.15) is 24.2 Å². The molecule has 0 saturated heterocycles. The SMILES string of the molecule is CC(C)S/C=C/C(=O)c1ccccc1. The number of benzene rings is 1. The zero-order chi connectivity index (χ0) is 10.4. The highest BCUT2D eigenvalue weighted by Gasteiger charge is 1.98. The fourth-order valence-electron chi connectivity index (χ4n) is 0.957. The van der Waals surface area contributed by atoms with Crippen LogP contribution in [0.2, 0.25) is 0 Å². The second-order valence-corrected chi connectivity index (χ2v) is 4.71. The molecule has 0 bridgehead atoms. The quantitative estimate of drug-likeness (QED) is 0.554. The van der Waals surface area contributed by atoms with Crippen molar-refractivity contribution in [1.82, 2.24) is 0 Å².